The molecule has 2 fully saturated rings. The van der Waals surface area contributed by atoms with Gasteiger partial charge in [0.05, 0.1) is 6.04 Å². The Balaban J connectivity index is 1.19. The molecule has 0 radical (unpaired) electrons. The van der Waals surface area contributed by atoms with E-state index >= 15 is 0 Å². The summed E-state index contributed by atoms with van der Waals surface area (Å²) in [7, 11) is 0. The van der Waals surface area contributed by atoms with E-state index in [1.165, 1.54) is 43.2 Å². The molecule has 1 heterocycles. The van der Waals surface area contributed by atoms with Crippen LogP contribution in [-0.2, 0) is 4.79 Å². The molecule has 0 aromatic heterocycles. The highest BCUT2D eigenvalue weighted by molar-refractivity contribution is 5.98. The summed E-state index contributed by atoms with van der Waals surface area (Å²) in [4.78, 5) is 29.5. The third kappa shape index (κ3) is 7.34. The quantitative estimate of drug-likeness (QED) is 0.228. The Labute approximate surface area is 255 Å². The number of hydrogen-bond donors (Lipinski definition) is 2. The summed E-state index contributed by atoms with van der Waals surface area (Å²) in [6.45, 7) is 1.81. The third-order valence-corrected chi connectivity index (χ3v) is 9.42. The standard InChI is InChI=1S/C38H43N3O2/c42-37(33-21-20-29-14-10-11-19-32(29)25-33)39-26-34-22-23-41(38(43)36(40-34)24-28-12-4-1-5-13-28)27-35(30-15-6-2-7-16-30)31-17-8-3-9-18-31/h2-3,6-11,14-21,25,28,34-36,40H,1,4-5,12-13,22-24,26-27H2,(H,39,42)/t34-,36?/m0/s1. The van der Waals surface area contributed by atoms with Crippen LogP contribution in [0.4, 0.5) is 0 Å². The van der Waals surface area contributed by atoms with E-state index in [0.29, 0.717) is 31.1 Å². The van der Waals surface area contributed by atoms with Crippen molar-refractivity contribution in [3.63, 3.8) is 0 Å². The van der Waals surface area contributed by atoms with Crippen LogP contribution < -0.4 is 10.6 Å². The molecule has 2 amide bonds. The van der Waals surface area contributed by atoms with Crippen molar-refractivity contribution in [1.29, 1.82) is 0 Å². The summed E-state index contributed by atoms with van der Waals surface area (Å²) in [6.07, 6.45) is 7.87. The van der Waals surface area contributed by atoms with Crippen molar-refractivity contribution in [2.75, 3.05) is 19.6 Å². The number of benzene rings is 4. The zero-order chi connectivity index (χ0) is 29.4. The molecule has 43 heavy (non-hydrogen) atoms. The van der Waals surface area contributed by atoms with E-state index in [0.717, 1.165) is 23.6 Å². The first-order valence-electron chi connectivity index (χ1n) is 16.1. The number of carbonyl (C=O) groups excluding carboxylic acids is 2. The van der Waals surface area contributed by atoms with Crippen LogP contribution in [0.1, 0.15) is 72.3 Å². The predicted molar refractivity (Wildman–Crippen MR) is 174 cm³/mol. The summed E-state index contributed by atoms with van der Waals surface area (Å²) in [5.41, 5.74) is 3.11. The molecule has 5 heteroatoms. The van der Waals surface area contributed by atoms with Crippen LogP contribution in [0.25, 0.3) is 10.8 Å². The smallest absolute Gasteiger partial charge is 0.251 e. The maximum atomic E-state index is 14.2. The summed E-state index contributed by atoms with van der Waals surface area (Å²) < 4.78 is 0. The molecule has 1 aliphatic heterocycles. The lowest BCUT2D eigenvalue weighted by Gasteiger charge is -2.31. The molecule has 4 aromatic carbocycles. The normalized spacial score (nSPS) is 19.8. The van der Waals surface area contributed by atoms with Gasteiger partial charge in [-0.3, -0.25) is 9.59 Å². The van der Waals surface area contributed by atoms with Crippen LogP contribution in [0, 0.1) is 5.92 Å². The summed E-state index contributed by atoms with van der Waals surface area (Å²) >= 11 is 0. The second-order valence-corrected chi connectivity index (χ2v) is 12.4. The first-order valence-corrected chi connectivity index (χ1v) is 16.1. The van der Waals surface area contributed by atoms with Crippen molar-refractivity contribution >= 4 is 22.6 Å². The first kappa shape index (κ1) is 29.1. The SMILES string of the molecule is O=C(NC[C@@H]1CCN(CC(c2ccccc2)c2ccccc2)C(=O)C(CC2CCCCC2)N1)c1ccc2ccccc2c1. The number of nitrogens with zero attached hydrogens (tertiary/aromatic N) is 1. The lowest BCUT2D eigenvalue weighted by molar-refractivity contribution is -0.133. The van der Waals surface area contributed by atoms with Gasteiger partial charge >= 0.3 is 0 Å². The predicted octanol–water partition coefficient (Wildman–Crippen LogP) is 6.93. The van der Waals surface area contributed by atoms with E-state index in [1.54, 1.807) is 0 Å². The molecule has 2 N–H and O–H groups in total. The second-order valence-electron chi connectivity index (χ2n) is 12.4. The van der Waals surface area contributed by atoms with Crippen molar-refractivity contribution in [3.05, 3.63) is 120 Å². The van der Waals surface area contributed by atoms with Crippen molar-refractivity contribution in [3.8, 4) is 0 Å². The van der Waals surface area contributed by atoms with Gasteiger partial charge in [-0.05, 0) is 52.8 Å². The molecule has 1 unspecified atom stereocenters. The van der Waals surface area contributed by atoms with E-state index in [1.807, 2.05) is 48.5 Å². The molecular weight excluding hydrogens is 530 g/mol. The van der Waals surface area contributed by atoms with Gasteiger partial charge in [0, 0.05) is 37.2 Å². The molecule has 1 aliphatic carbocycles. The van der Waals surface area contributed by atoms with E-state index in [4.69, 9.17) is 0 Å². The molecule has 6 rings (SSSR count). The molecule has 4 aromatic rings. The highest BCUT2D eigenvalue weighted by atomic mass is 16.2. The Hall–Kier alpha value is -3.96. The molecule has 0 spiro atoms. The Bertz CT molecular complexity index is 1460. The number of carbonyl (C=O) groups is 2. The molecule has 222 valence electrons. The van der Waals surface area contributed by atoms with Gasteiger partial charge in [-0.15, -0.1) is 0 Å². The minimum absolute atomic E-state index is 0.0267. The molecule has 2 atom stereocenters. The Kier molecular flexibility index (Phi) is 9.49. The van der Waals surface area contributed by atoms with Gasteiger partial charge in [0.2, 0.25) is 5.91 Å². The Morgan fingerprint density at radius 3 is 2.14 bits per heavy atom. The third-order valence-electron chi connectivity index (χ3n) is 9.42. The maximum Gasteiger partial charge on any atom is 0.251 e. The fourth-order valence-corrected chi connectivity index (χ4v) is 6.99. The van der Waals surface area contributed by atoms with Crippen LogP contribution in [0.5, 0.6) is 0 Å². The topological polar surface area (TPSA) is 61.4 Å². The molecule has 1 saturated heterocycles. The molecule has 0 bridgehead atoms. The van der Waals surface area contributed by atoms with Gasteiger partial charge < -0.3 is 15.5 Å². The number of hydrogen-bond acceptors (Lipinski definition) is 3. The number of fused-ring (bicyclic) bond motifs is 1. The van der Waals surface area contributed by atoms with E-state index in [9.17, 15) is 9.59 Å². The van der Waals surface area contributed by atoms with Crippen molar-refractivity contribution < 1.29 is 9.59 Å². The molecule has 2 aliphatic rings. The van der Waals surface area contributed by atoms with Gasteiger partial charge in [0.15, 0.2) is 0 Å². The van der Waals surface area contributed by atoms with E-state index < -0.39 is 0 Å². The minimum Gasteiger partial charge on any atom is -0.350 e. The van der Waals surface area contributed by atoms with Gasteiger partial charge in [-0.2, -0.15) is 0 Å². The highest BCUT2D eigenvalue weighted by Gasteiger charge is 2.34. The lowest BCUT2D eigenvalue weighted by atomic mass is 9.84. The monoisotopic (exact) mass is 573 g/mol. The lowest BCUT2D eigenvalue weighted by Crippen LogP contribution is -2.50. The Morgan fingerprint density at radius 2 is 1.44 bits per heavy atom. The number of rotatable bonds is 9. The van der Waals surface area contributed by atoms with Crippen LogP contribution in [0.3, 0.4) is 0 Å². The number of nitrogens with one attached hydrogen (secondary N) is 2. The average Bonchev–Trinajstić information content (AvgIpc) is 3.21. The maximum absolute atomic E-state index is 14.2. The van der Waals surface area contributed by atoms with Crippen LogP contribution in [-0.4, -0.2) is 48.4 Å². The summed E-state index contributed by atoms with van der Waals surface area (Å²) in [6, 6.07) is 34.8. The van der Waals surface area contributed by atoms with Gasteiger partial charge in [-0.25, -0.2) is 0 Å². The number of amides is 2. The average molecular weight is 574 g/mol. The van der Waals surface area contributed by atoms with Gasteiger partial charge in [-0.1, -0.05) is 123 Å². The zero-order valence-electron chi connectivity index (χ0n) is 25.0. The van der Waals surface area contributed by atoms with Crippen molar-refractivity contribution in [1.82, 2.24) is 15.5 Å². The van der Waals surface area contributed by atoms with E-state index in [-0.39, 0.29) is 29.8 Å². The minimum atomic E-state index is -0.236. The fraction of sp³-hybridized carbons (Fsp3) is 0.368. The van der Waals surface area contributed by atoms with Gasteiger partial charge in [0.1, 0.15) is 0 Å². The van der Waals surface area contributed by atoms with Crippen molar-refractivity contribution in [2.24, 2.45) is 5.92 Å². The first-order chi connectivity index (χ1) is 21.1. The summed E-state index contributed by atoms with van der Waals surface area (Å²) in [5, 5.41) is 9.08. The van der Waals surface area contributed by atoms with Crippen molar-refractivity contribution in [2.45, 2.75) is 62.9 Å². The van der Waals surface area contributed by atoms with Crippen LogP contribution >= 0.6 is 0 Å². The fourth-order valence-electron chi connectivity index (χ4n) is 6.99. The second kappa shape index (κ2) is 14.0. The molecular formula is C38H43N3O2. The zero-order valence-corrected chi connectivity index (χ0v) is 25.0. The highest BCUT2D eigenvalue weighted by Crippen LogP contribution is 2.30. The van der Waals surface area contributed by atoms with E-state index in [2.05, 4.69) is 70.1 Å². The molecule has 5 nitrogen and oxygen atoms in total. The Morgan fingerprint density at radius 1 is 0.791 bits per heavy atom. The molecule has 1 saturated carbocycles. The van der Waals surface area contributed by atoms with Crippen LogP contribution in [0.15, 0.2) is 103 Å². The van der Waals surface area contributed by atoms with Gasteiger partial charge in [0.25, 0.3) is 5.91 Å². The summed E-state index contributed by atoms with van der Waals surface area (Å²) in [5.74, 6) is 0.802. The largest absolute Gasteiger partial charge is 0.350 e. The van der Waals surface area contributed by atoms with Crippen LogP contribution in [0.2, 0.25) is 0 Å².